The van der Waals surface area contributed by atoms with Gasteiger partial charge in [-0.3, -0.25) is 4.79 Å². The van der Waals surface area contributed by atoms with E-state index in [1.54, 1.807) is 29.2 Å². The molecule has 1 aliphatic heterocycles. The molecule has 1 amide bonds. The second-order valence-electron chi connectivity index (χ2n) is 6.51. The number of carbonyl (C=O) groups is 1. The van der Waals surface area contributed by atoms with Gasteiger partial charge in [0.2, 0.25) is 0 Å². The van der Waals surface area contributed by atoms with E-state index in [0.29, 0.717) is 17.0 Å². The van der Waals surface area contributed by atoms with Gasteiger partial charge in [-0.2, -0.15) is 0 Å². The fourth-order valence-electron chi connectivity index (χ4n) is 3.69. The van der Waals surface area contributed by atoms with E-state index in [9.17, 15) is 13.2 Å². The normalized spacial score (nSPS) is 22.7. The molecule has 1 saturated carbocycles. The Kier molecular flexibility index (Phi) is 4.73. The van der Waals surface area contributed by atoms with Crippen LogP contribution in [0.3, 0.4) is 0 Å². The molecule has 1 saturated heterocycles. The molecule has 1 aliphatic carbocycles. The zero-order valence-corrected chi connectivity index (χ0v) is 14.1. The standard InChI is InChI=1S/C17H24N2O3S/c18-12-14-4-3-11-19(14)17(20)13-7-9-16(10-8-13)23(21,22)15-5-1-2-6-15/h7-10,14-15H,1-6,11-12,18H2. The molecule has 3 rings (SSSR count). The molecule has 2 N–H and O–H groups in total. The molecule has 1 unspecified atom stereocenters. The minimum atomic E-state index is -3.26. The average molecular weight is 336 g/mol. The van der Waals surface area contributed by atoms with Crippen LogP contribution in [0.25, 0.3) is 0 Å². The van der Waals surface area contributed by atoms with Crippen molar-refractivity contribution < 1.29 is 13.2 Å². The Bertz CT molecular complexity index is 664. The molecule has 1 atom stereocenters. The maximum absolute atomic E-state index is 12.6. The third-order valence-corrected chi connectivity index (χ3v) is 7.36. The first-order valence-corrected chi connectivity index (χ1v) is 9.93. The maximum Gasteiger partial charge on any atom is 0.254 e. The summed E-state index contributed by atoms with van der Waals surface area (Å²) >= 11 is 0. The van der Waals surface area contributed by atoms with Crippen molar-refractivity contribution in [1.82, 2.24) is 4.90 Å². The summed E-state index contributed by atoms with van der Waals surface area (Å²) in [5, 5.41) is -0.260. The molecule has 126 valence electrons. The highest BCUT2D eigenvalue weighted by Crippen LogP contribution is 2.30. The molecule has 2 fully saturated rings. The van der Waals surface area contributed by atoms with E-state index in [1.807, 2.05) is 0 Å². The van der Waals surface area contributed by atoms with Crippen molar-refractivity contribution in [2.24, 2.45) is 5.73 Å². The number of benzene rings is 1. The predicted octanol–water partition coefficient (Wildman–Crippen LogP) is 1.97. The van der Waals surface area contributed by atoms with Crippen LogP contribution in [-0.4, -0.2) is 43.6 Å². The Balaban J connectivity index is 1.78. The highest BCUT2D eigenvalue weighted by molar-refractivity contribution is 7.92. The molecular weight excluding hydrogens is 312 g/mol. The monoisotopic (exact) mass is 336 g/mol. The van der Waals surface area contributed by atoms with Crippen LogP contribution in [0.1, 0.15) is 48.9 Å². The smallest absolute Gasteiger partial charge is 0.254 e. The van der Waals surface area contributed by atoms with Gasteiger partial charge in [0.1, 0.15) is 0 Å². The van der Waals surface area contributed by atoms with Crippen molar-refractivity contribution in [3.63, 3.8) is 0 Å². The van der Waals surface area contributed by atoms with Crippen LogP contribution in [0.2, 0.25) is 0 Å². The molecule has 23 heavy (non-hydrogen) atoms. The van der Waals surface area contributed by atoms with E-state index in [4.69, 9.17) is 5.73 Å². The molecule has 0 radical (unpaired) electrons. The van der Waals surface area contributed by atoms with E-state index in [0.717, 1.165) is 45.1 Å². The van der Waals surface area contributed by atoms with Gasteiger partial charge in [0.05, 0.1) is 10.1 Å². The van der Waals surface area contributed by atoms with Gasteiger partial charge >= 0.3 is 0 Å². The lowest BCUT2D eigenvalue weighted by Crippen LogP contribution is -2.39. The van der Waals surface area contributed by atoms with E-state index in [2.05, 4.69) is 0 Å². The summed E-state index contributed by atoms with van der Waals surface area (Å²) in [6, 6.07) is 6.53. The third-order valence-electron chi connectivity index (χ3n) is 5.08. The average Bonchev–Trinajstić information content (AvgIpc) is 3.25. The lowest BCUT2D eigenvalue weighted by Gasteiger charge is -2.23. The van der Waals surface area contributed by atoms with Gasteiger partial charge in [0.25, 0.3) is 5.91 Å². The lowest BCUT2D eigenvalue weighted by atomic mass is 10.1. The summed E-state index contributed by atoms with van der Waals surface area (Å²) < 4.78 is 25.1. The van der Waals surface area contributed by atoms with Gasteiger partial charge in [-0.1, -0.05) is 12.8 Å². The van der Waals surface area contributed by atoms with Crippen LogP contribution in [0, 0.1) is 0 Å². The zero-order chi connectivity index (χ0) is 16.4. The van der Waals surface area contributed by atoms with Crippen molar-refractivity contribution in [2.45, 2.75) is 54.7 Å². The van der Waals surface area contributed by atoms with Gasteiger partial charge in [-0.25, -0.2) is 8.42 Å². The van der Waals surface area contributed by atoms with Gasteiger partial charge in [0, 0.05) is 24.7 Å². The molecule has 0 bridgehead atoms. The van der Waals surface area contributed by atoms with Gasteiger partial charge in [-0.15, -0.1) is 0 Å². The van der Waals surface area contributed by atoms with Gasteiger partial charge in [0.15, 0.2) is 9.84 Å². The number of nitrogens with two attached hydrogens (primary N) is 1. The summed E-state index contributed by atoms with van der Waals surface area (Å²) in [6.07, 6.45) is 5.37. The first-order chi connectivity index (χ1) is 11.0. The lowest BCUT2D eigenvalue weighted by molar-refractivity contribution is 0.0741. The van der Waals surface area contributed by atoms with Crippen LogP contribution in [-0.2, 0) is 9.84 Å². The topological polar surface area (TPSA) is 80.5 Å². The van der Waals surface area contributed by atoms with Gasteiger partial charge < -0.3 is 10.6 Å². The van der Waals surface area contributed by atoms with Crippen LogP contribution < -0.4 is 5.73 Å². The maximum atomic E-state index is 12.6. The Morgan fingerprint density at radius 3 is 2.35 bits per heavy atom. The second kappa shape index (κ2) is 6.61. The fraction of sp³-hybridized carbons (Fsp3) is 0.588. The van der Waals surface area contributed by atoms with E-state index in [1.165, 1.54) is 0 Å². The van der Waals surface area contributed by atoms with E-state index < -0.39 is 9.84 Å². The summed E-state index contributed by atoms with van der Waals surface area (Å²) in [4.78, 5) is 14.7. The molecule has 5 nitrogen and oxygen atoms in total. The molecule has 1 aromatic rings. The second-order valence-corrected chi connectivity index (χ2v) is 8.73. The van der Waals surface area contributed by atoms with Crippen molar-refractivity contribution in [2.75, 3.05) is 13.1 Å². The number of hydrogen-bond donors (Lipinski definition) is 1. The number of carbonyl (C=O) groups excluding carboxylic acids is 1. The summed E-state index contributed by atoms with van der Waals surface area (Å²) in [5.74, 6) is -0.0530. The Morgan fingerprint density at radius 1 is 1.09 bits per heavy atom. The van der Waals surface area contributed by atoms with Crippen LogP contribution in [0.5, 0.6) is 0 Å². The number of sulfone groups is 1. The quantitative estimate of drug-likeness (QED) is 0.911. The van der Waals surface area contributed by atoms with Crippen molar-refractivity contribution >= 4 is 15.7 Å². The number of hydrogen-bond acceptors (Lipinski definition) is 4. The fourth-order valence-corrected chi connectivity index (χ4v) is 5.55. The zero-order valence-electron chi connectivity index (χ0n) is 13.3. The highest BCUT2D eigenvalue weighted by Gasteiger charge is 2.31. The number of likely N-dealkylation sites (tertiary alicyclic amines) is 1. The molecular formula is C17H24N2O3S. The summed E-state index contributed by atoms with van der Waals surface area (Å²) in [5.41, 5.74) is 6.26. The molecule has 6 heteroatoms. The molecule has 0 aromatic heterocycles. The van der Waals surface area contributed by atoms with Crippen LogP contribution in [0.15, 0.2) is 29.2 Å². The van der Waals surface area contributed by atoms with E-state index >= 15 is 0 Å². The summed E-state index contributed by atoms with van der Waals surface area (Å²) in [6.45, 7) is 1.20. The highest BCUT2D eigenvalue weighted by atomic mass is 32.2. The van der Waals surface area contributed by atoms with Crippen molar-refractivity contribution in [1.29, 1.82) is 0 Å². The Morgan fingerprint density at radius 2 is 1.74 bits per heavy atom. The minimum Gasteiger partial charge on any atom is -0.334 e. The SMILES string of the molecule is NCC1CCCN1C(=O)c1ccc(S(=O)(=O)C2CCCC2)cc1. The van der Waals surface area contributed by atoms with Crippen molar-refractivity contribution in [3.8, 4) is 0 Å². The molecule has 1 aromatic carbocycles. The molecule has 0 spiro atoms. The number of amides is 1. The Hall–Kier alpha value is -1.40. The van der Waals surface area contributed by atoms with E-state index in [-0.39, 0.29) is 17.2 Å². The Labute approximate surface area is 137 Å². The predicted molar refractivity (Wildman–Crippen MR) is 89.0 cm³/mol. The largest absolute Gasteiger partial charge is 0.334 e. The minimum absolute atomic E-state index is 0.0530. The third kappa shape index (κ3) is 3.15. The van der Waals surface area contributed by atoms with Crippen molar-refractivity contribution in [3.05, 3.63) is 29.8 Å². The van der Waals surface area contributed by atoms with Crippen LogP contribution >= 0.6 is 0 Å². The first kappa shape index (κ1) is 16.5. The molecule has 1 heterocycles. The summed E-state index contributed by atoms with van der Waals surface area (Å²) in [7, 11) is -3.26. The first-order valence-electron chi connectivity index (χ1n) is 8.39. The number of rotatable bonds is 4. The molecule has 2 aliphatic rings. The van der Waals surface area contributed by atoms with Gasteiger partial charge in [-0.05, 0) is 49.9 Å². The number of nitrogens with zero attached hydrogens (tertiary/aromatic N) is 1. The van der Waals surface area contributed by atoms with Crippen LogP contribution in [0.4, 0.5) is 0 Å².